The zero-order chi connectivity index (χ0) is 18.0. The Labute approximate surface area is 149 Å². The Morgan fingerprint density at radius 2 is 1.92 bits per heavy atom. The van der Waals surface area contributed by atoms with Crippen LogP contribution in [0.1, 0.15) is 20.3 Å². The summed E-state index contributed by atoms with van der Waals surface area (Å²) in [6.45, 7) is 3.45. The topological polar surface area (TPSA) is 78.5 Å². The van der Waals surface area contributed by atoms with Crippen molar-refractivity contribution in [2.24, 2.45) is 0 Å². The van der Waals surface area contributed by atoms with Crippen molar-refractivity contribution < 1.29 is 14.4 Å². The summed E-state index contributed by atoms with van der Waals surface area (Å²) >= 11 is 1.35. The molecule has 1 atom stereocenters. The molecule has 2 aromatic rings. The van der Waals surface area contributed by atoms with E-state index in [9.17, 15) is 14.4 Å². The molecule has 1 fully saturated rings. The summed E-state index contributed by atoms with van der Waals surface area (Å²) in [7, 11) is 0. The third-order valence-electron chi connectivity index (χ3n) is 4.30. The monoisotopic (exact) mass is 357 g/mol. The first kappa shape index (κ1) is 17.3. The maximum atomic E-state index is 12.2. The van der Waals surface area contributed by atoms with E-state index in [1.807, 2.05) is 42.5 Å². The number of carbonyl (C=O) groups excluding carboxylic acids is 3. The molecule has 0 aliphatic carbocycles. The lowest BCUT2D eigenvalue weighted by atomic mass is 10.00. The Bertz CT molecular complexity index is 854. The Morgan fingerprint density at radius 3 is 2.60 bits per heavy atom. The van der Waals surface area contributed by atoms with Crippen LogP contribution in [0.25, 0.3) is 10.8 Å². The number of benzene rings is 2. The SMILES string of the molecule is CCC1(C)NC(=O)N(NC(=O)CSc2ccc3ccccc3c2)C1=O. The Morgan fingerprint density at radius 1 is 1.20 bits per heavy atom. The average Bonchev–Trinajstić information content (AvgIpc) is 2.83. The van der Waals surface area contributed by atoms with Crippen LogP contribution < -0.4 is 10.7 Å². The van der Waals surface area contributed by atoms with E-state index in [1.165, 1.54) is 11.8 Å². The van der Waals surface area contributed by atoms with Crippen molar-refractivity contribution >= 4 is 40.4 Å². The van der Waals surface area contributed by atoms with E-state index in [0.29, 0.717) is 6.42 Å². The molecular formula is C18H19N3O3S. The zero-order valence-corrected chi connectivity index (χ0v) is 14.9. The number of nitrogens with zero attached hydrogens (tertiary/aromatic N) is 1. The number of hydrogen-bond acceptors (Lipinski definition) is 4. The Hall–Kier alpha value is -2.54. The van der Waals surface area contributed by atoms with E-state index in [0.717, 1.165) is 20.7 Å². The van der Waals surface area contributed by atoms with Crippen molar-refractivity contribution in [1.29, 1.82) is 0 Å². The number of amides is 4. The van der Waals surface area contributed by atoms with Gasteiger partial charge in [0.05, 0.1) is 5.75 Å². The smallest absolute Gasteiger partial charge is 0.322 e. The molecule has 2 N–H and O–H groups in total. The molecule has 1 heterocycles. The van der Waals surface area contributed by atoms with Gasteiger partial charge in [-0.3, -0.25) is 15.0 Å². The highest BCUT2D eigenvalue weighted by Gasteiger charge is 2.47. The molecule has 0 radical (unpaired) electrons. The molecule has 6 nitrogen and oxygen atoms in total. The van der Waals surface area contributed by atoms with Crippen LogP contribution in [0.3, 0.4) is 0 Å². The number of rotatable bonds is 5. The van der Waals surface area contributed by atoms with Gasteiger partial charge in [-0.25, -0.2) is 4.79 Å². The number of nitrogens with one attached hydrogen (secondary N) is 2. The number of hydrazine groups is 1. The van der Waals surface area contributed by atoms with Gasteiger partial charge in [-0.2, -0.15) is 5.01 Å². The standard InChI is InChI=1S/C18H19N3O3S/c1-3-18(2)16(23)21(17(24)19-18)20-15(22)11-25-14-9-8-12-6-4-5-7-13(12)10-14/h4-10H,3,11H2,1-2H3,(H,19,24)(H,20,22). The molecule has 1 unspecified atom stereocenters. The zero-order valence-electron chi connectivity index (χ0n) is 14.0. The molecule has 25 heavy (non-hydrogen) atoms. The first-order valence-electron chi connectivity index (χ1n) is 8.01. The highest BCUT2D eigenvalue weighted by Crippen LogP contribution is 2.24. The Kier molecular flexibility index (Phi) is 4.67. The van der Waals surface area contributed by atoms with Crippen LogP contribution in [0, 0.1) is 0 Å². The predicted octanol–water partition coefficient (Wildman–Crippen LogP) is 2.68. The molecule has 0 saturated carbocycles. The molecule has 4 amide bonds. The Balaban J connectivity index is 1.61. The number of fused-ring (bicyclic) bond motifs is 1. The summed E-state index contributed by atoms with van der Waals surface area (Å²) in [4.78, 5) is 37.2. The van der Waals surface area contributed by atoms with Gasteiger partial charge < -0.3 is 5.32 Å². The molecule has 1 aliphatic heterocycles. The third-order valence-corrected chi connectivity index (χ3v) is 5.29. The van der Waals surface area contributed by atoms with Crippen molar-refractivity contribution in [2.45, 2.75) is 30.7 Å². The van der Waals surface area contributed by atoms with Gasteiger partial charge in [0.2, 0.25) is 5.91 Å². The van der Waals surface area contributed by atoms with E-state index in [-0.39, 0.29) is 5.75 Å². The van der Waals surface area contributed by atoms with Crippen LogP contribution in [0.15, 0.2) is 47.4 Å². The summed E-state index contributed by atoms with van der Waals surface area (Å²) in [6, 6.07) is 13.3. The van der Waals surface area contributed by atoms with Gasteiger partial charge in [0.25, 0.3) is 5.91 Å². The van der Waals surface area contributed by atoms with Crippen LogP contribution >= 0.6 is 11.8 Å². The summed E-state index contributed by atoms with van der Waals surface area (Å²) < 4.78 is 0. The fourth-order valence-corrected chi connectivity index (χ4v) is 3.33. The van der Waals surface area contributed by atoms with Crippen LogP contribution in [0.2, 0.25) is 0 Å². The van der Waals surface area contributed by atoms with Crippen LogP contribution in [0.5, 0.6) is 0 Å². The van der Waals surface area contributed by atoms with E-state index >= 15 is 0 Å². The summed E-state index contributed by atoms with van der Waals surface area (Å²) in [6.07, 6.45) is 0.454. The van der Waals surface area contributed by atoms with Gasteiger partial charge in [0, 0.05) is 4.90 Å². The van der Waals surface area contributed by atoms with Gasteiger partial charge in [0.15, 0.2) is 0 Å². The molecule has 3 rings (SSSR count). The van der Waals surface area contributed by atoms with Crippen LogP contribution in [-0.2, 0) is 9.59 Å². The summed E-state index contributed by atoms with van der Waals surface area (Å²) in [5.41, 5.74) is 1.42. The first-order valence-corrected chi connectivity index (χ1v) is 8.99. The van der Waals surface area contributed by atoms with Crippen molar-refractivity contribution in [3.05, 3.63) is 42.5 Å². The van der Waals surface area contributed by atoms with Crippen molar-refractivity contribution in [1.82, 2.24) is 15.8 Å². The molecule has 130 valence electrons. The number of carbonyl (C=O) groups is 3. The molecular weight excluding hydrogens is 338 g/mol. The second kappa shape index (κ2) is 6.76. The number of hydrogen-bond donors (Lipinski definition) is 2. The lowest BCUT2D eigenvalue weighted by Gasteiger charge is -2.19. The average molecular weight is 357 g/mol. The van der Waals surface area contributed by atoms with Gasteiger partial charge in [0.1, 0.15) is 5.54 Å². The molecule has 1 aliphatic rings. The van der Waals surface area contributed by atoms with Crippen LogP contribution in [0.4, 0.5) is 4.79 Å². The maximum Gasteiger partial charge on any atom is 0.344 e. The van der Waals surface area contributed by atoms with Crippen molar-refractivity contribution in [3.63, 3.8) is 0 Å². The maximum absolute atomic E-state index is 12.2. The summed E-state index contributed by atoms with van der Waals surface area (Å²) in [5.74, 6) is -0.732. The fourth-order valence-electron chi connectivity index (χ4n) is 2.59. The van der Waals surface area contributed by atoms with Crippen molar-refractivity contribution in [3.8, 4) is 0 Å². The number of thioether (sulfide) groups is 1. The van der Waals surface area contributed by atoms with Gasteiger partial charge in [-0.1, -0.05) is 37.3 Å². The number of imide groups is 1. The largest absolute Gasteiger partial charge is 0.344 e. The molecule has 0 aromatic heterocycles. The highest BCUT2D eigenvalue weighted by molar-refractivity contribution is 8.00. The second-order valence-electron chi connectivity index (χ2n) is 6.09. The second-order valence-corrected chi connectivity index (χ2v) is 7.14. The molecule has 0 spiro atoms. The number of urea groups is 1. The molecule has 7 heteroatoms. The minimum Gasteiger partial charge on any atom is -0.322 e. The van der Waals surface area contributed by atoms with Gasteiger partial charge >= 0.3 is 6.03 Å². The minimum atomic E-state index is -0.962. The van der Waals surface area contributed by atoms with Crippen molar-refractivity contribution in [2.75, 3.05) is 5.75 Å². The highest BCUT2D eigenvalue weighted by atomic mass is 32.2. The summed E-state index contributed by atoms with van der Waals surface area (Å²) in [5, 5.41) is 5.60. The minimum absolute atomic E-state index is 0.109. The lowest BCUT2D eigenvalue weighted by molar-refractivity contribution is -0.137. The third kappa shape index (κ3) is 3.46. The quantitative estimate of drug-likeness (QED) is 0.637. The predicted molar refractivity (Wildman–Crippen MR) is 96.9 cm³/mol. The van der Waals surface area contributed by atoms with E-state index in [4.69, 9.17) is 0 Å². The van der Waals surface area contributed by atoms with E-state index in [2.05, 4.69) is 10.7 Å². The fraction of sp³-hybridized carbons (Fsp3) is 0.278. The first-order chi connectivity index (χ1) is 11.9. The lowest BCUT2D eigenvalue weighted by Crippen LogP contribution is -2.49. The normalized spacial score (nSPS) is 20.0. The molecule has 1 saturated heterocycles. The van der Waals surface area contributed by atoms with E-state index < -0.39 is 23.4 Å². The molecule has 0 bridgehead atoms. The molecule has 2 aromatic carbocycles. The van der Waals surface area contributed by atoms with Crippen LogP contribution in [-0.4, -0.2) is 34.1 Å². The van der Waals surface area contributed by atoms with Gasteiger partial charge in [-0.15, -0.1) is 11.8 Å². The van der Waals surface area contributed by atoms with E-state index in [1.54, 1.807) is 13.8 Å². The van der Waals surface area contributed by atoms with Gasteiger partial charge in [-0.05, 0) is 36.2 Å².